The molecule has 90 valence electrons. The van der Waals surface area contributed by atoms with Crippen molar-refractivity contribution in [1.82, 2.24) is 5.32 Å². The van der Waals surface area contributed by atoms with Gasteiger partial charge in [-0.2, -0.15) is 5.26 Å². The van der Waals surface area contributed by atoms with Crippen LogP contribution in [-0.2, 0) is 0 Å². The fourth-order valence-corrected chi connectivity index (χ4v) is 2.52. The van der Waals surface area contributed by atoms with Crippen LogP contribution in [0.5, 0.6) is 0 Å². The van der Waals surface area contributed by atoms with Gasteiger partial charge in [-0.05, 0) is 37.3 Å². The predicted octanol–water partition coefficient (Wildman–Crippen LogP) is 3.34. The summed E-state index contributed by atoms with van der Waals surface area (Å²) < 4.78 is 0. The Hall–Kier alpha value is -1.04. The summed E-state index contributed by atoms with van der Waals surface area (Å²) in [7, 11) is 0. The lowest BCUT2D eigenvalue weighted by Gasteiger charge is -2.37. The maximum Gasteiger partial charge on any atom is 0.0666 e. The van der Waals surface area contributed by atoms with Crippen LogP contribution in [0.1, 0.15) is 31.2 Å². The van der Waals surface area contributed by atoms with Crippen molar-refractivity contribution in [3.05, 3.63) is 34.9 Å². The van der Waals surface area contributed by atoms with E-state index < -0.39 is 0 Å². The molecule has 0 heterocycles. The van der Waals surface area contributed by atoms with E-state index in [1.165, 1.54) is 5.56 Å². The van der Waals surface area contributed by atoms with Gasteiger partial charge in [-0.3, -0.25) is 0 Å². The van der Waals surface area contributed by atoms with Gasteiger partial charge in [-0.1, -0.05) is 29.8 Å². The van der Waals surface area contributed by atoms with Crippen LogP contribution in [0.15, 0.2) is 24.3 Å². The molecule has 0 spiro atoms. The van der Waals surface area contributed by atoms with Crippen molar-refractivity contribution in [2.45, 2.75) is 31.7 Å². The first kappa shape index (κ1) is 12.4. The number of nitriles is 1. The molecule has 0 aliphatic heterocycles. The number of halogens is 1. The number of benzene rings is 1. The van der Waals surface area contributed by atoms with Crippen LogP contribution < -0.4 is 5.32 Å². The van der Waals surface area contributed by atoms with E-state index in [0.29, 0.717) is 12.0 Å². The third-order valence-electron chi connectivity index (χ3n) is 3.42. The maximum absolute atomic E-state index is 8.70. The number of hydrogen-bond donors (Lipinski definition) is 1. The Kier molecular flexibility index (Phi) is 4.04. The Morgan fingerprint density at radius 1 is 1.47 bits per heavy atom. The summed E-state index contributed by atoms with van der Waals surface area (Å²) in [6, 6.07) is 10.9. The van der Waals surface area contributed by atoms with Crippen molar-refractivity contribution >= 4 is 11.6 Å². The molecule has 0 bridgehead atoms. The molecule has 0 amide bonds. The highest BCUT2D eigenvalue weighted by molar-refractivity contribution is 6.31. The zero-order chi connectivity index (χ0) is 12.3. The van der Waals surface area contributed by atoms with Crippen molar-refractivity contribution in [2.24, 2.45) is 5.92 Å². The molecule has 0 aromatic heterocycles. The molecule has 3 heteroatoms. The summed E-state index contributed by atoms with van der Waals surface area (Å²) in [5.74, 6) is 0.674. The first-order valence-corrected chi connectivity index (χ1v) is 6.46. The number of nitrogens with zero attached hydrogens (tertiary/aromatic N) is 1. The van der Waals surface area contributed by atoms with Crippen molar-refractivity contribution in [1.29, 1.82) is 5.26 Å². The number of rotatable bonds is 4. The first-order valence-electron chi connectivity index (χ1n) is 6.08. The predicted molar refractivity (Wildman–Crippen MR) is 70.0 cm³/mol. The van der Waals surface area contributed by atoms with E-state index in [9.17, 15) is 0 Å². The van der Waals surface area contributed by atoms with Gasteiger partial charge in [-0.15, -0.1) is 0 Å². The second kappa shape index (κ2) is 5.53. The minimum absolute atomic E-state index is 0.0920. The lowest BCUT2D eigenvalue weighted by molar-refractivity contribution is 0.286. The Morgan fingerprint density at radius 3 is 2.82 bits per heavy atom. The van der Waals surface area contributed by atoms with Gasteiger partial charge in [0, 0.05) is 17.6 Å². The molecule has 1 aliphatic rings. The Balaban J connectivity index is 1.80. The maximum atomic E-state index is 8.70. The van der Waals surface area contributed by atoms with Crippen LogP contribution in [0, 0.1) is 17.2 Å². The molecule has 1 aliphatic carbocycles. The van der Waals surface area contributed by atoms with Crippen LogP contribution in [0.3, 0.4) is 0 Å². The van der Waals surface area contributed by atoms with E-state index in [-0.39, 0.29) is 5.92 Å². The lowest BCUT2D eigenvalue weighted by Crippen LogP contribution is -2.41. The second-order valence-electron chi connectivity index (χ2n) is 4.83. The Labute approximate surface area is 108 Å². The fourth-order valence-electron chi connectivity index (χ4n) is 2.23. The summed E-state index contributed by atoms with van der Waals surface area (Å²) in [6.07, 6.45) is 2.25. The summed E-state index contributed by atoms with van der Waals surface area (Å²) >= 11 is 6.17. The van der Waals surface area contributed by atoms with E-state index in [0.717, 1.165) is 24.4 Å². The van der Waals surface area contributed by atoms with Gasteiger partial charge < -0.3 is 5.32 Å². The molecule has 0 radical (unpaired) electrons. The number of nitrogens with one attached hydrogen (secondary N) is 1. The highest BCUT2D eigenvalue weighted by atomic mass is 35.5. The van der Waals surface area contributed by atoms with Gasteiger partial charge in [0.05, 0.1) is 12.0 Å². The molecule has 1 atom stereocenters. The van der Waals surface area contributed by atoms with Gasteiger partial charge in [0.2, 0.25) is 0 Å². The molecule has 1 unspecified atom stereocenters. The van der Waals surface area contributed by atoms with Crippen LogP contribution >= 0.6 is 11.6 Å². The Bertz CT molecular complexity index is 418. The lowest BCUT2D eigenvalue weighted by atomic mass is 9.76. The Morgan fingerprint density at radius 2 is 2.18 bits per heavy atom. The van der Waals surface area contributed by atoms with Crippen molar-refractivity contribution in [2.75, 3.05) is 6.54 Å². The summed E-state index contributed by atoms with van der Waals surface area (Å²) in [5, 5.41) is 13.0. The standard InChI is InChI=1S/C14H17ClN2/c1-10(8-16)9-17-12-6-11(7-12)13-4-2-3-5-14(13)15/h2-5,10-12,17H,6-7,9H2,1H3. The molecule has 1 aromatic rings. The van der Waals surface area contributed by atoms with Crippen LogP contribution in [0.25, 0.3) is 0 Å². The fraction of sp³-hybridized carbons (Fsp3) is 0.500. The van der Waals surface area contributed by atoms with E-state index in [2.05, 4.69) is 17.5 Å². The van der Waals surface area contributed by atoms with Crippen LogP contribution in [0.4, 0.5) is 0 Å². The minimum Gasteiger partial charge on any atom is -0.313 e. The van der Waals surface area contributed by atoms with Gasteiger partial charge in [0.1, 0.15) is 0 Å². The van der Waals surface area contributed by atoms with Crippen molar-refractivity contribution < 1.29 is 0 Å². The van der Waals surface area contributed by atoms with Crippen molar-refractivity contribution in [3.63, 3.8) is 0 Å². The monoisotopic (exact) mass is 248 g/mol. The molecule has 1 aromatic carbocycles. The van der Waals surface area contributed by atoms with E-state index in [1.807, 2.05) is 25.1 Å². The molecule has 1 saturated carbocycles. The van der Waals surface area contributed by atoms with E-state index in [1.54, 1.807) is 0 Å². The summed E-state index contributed by atoms with van der Waals surface area (Å²) in [6.45, 7) is 2.73. The number of hydrogen-bond acceptors (Lipinski definition) is 2. The second-order valence-corrected chi connectivity index (χ2v) is 5.23. The minimum atomic E-state index is 0.0920. The molecular formula is C14H17ClN2. The molecule has 0 saturated heterocycles. The highest BCUT2D eigenvalue weighted by Gasteiger charge is 2.31. The average molecular weight is 249 g/mol. The van der Waals surface area contributed by atoms with Crippen molar-refractivity contribution in [3.8, 4) is 6.07 Å². The first-order chi connectivity index (χ1) is 8.20. The van der Waals surface area contributed by atoms with Gasteiger partial charge in [0.15, 0.2) is 0 Å². The summed E-state index contributed by atoms with van der Waals surface area (Å²) in [5.41, 5.74) is 1.26. The van der Waals surface area contributed by atoms with Gasteiger partial charge in [-0.25, -0.2) is 0 Å². The average Bonchev–Trinajstić information content (AvgIpc) is 2.28. The zero-order valence-electron chi connectivity index (χ0n) is 9.99. The third-order valence-corrected chi connectivity index (χ3v) is 3.76. The summed E-state index contributed by atoms with van der Waals surface area (Å²) in [4.78, 5) is 0. The topological polar surface area (TPSA) is 35.8 Å². The van der Waals surface area contributed by atoms with E-state index >= 15 is 0 Å². The van der Waals surface area contributed by atoms with E-state index in [4.69, 9.17) is 16.9 Å². The van der Waals surface area contributed by atoms with Gasteiger partial charge >= 0.3 is 0 Å². The highest BCUT2D eigenvalue weighted by Crippen LogP contribution is 2.39. The van der Waals surface area contributed by atoms with Gasteiger partial charge in [0.25, 0.3) is 0 Å². The SMILES string of the molecule is CC(C#N)CNC1CC(c2ccccc2Cl)C1. The normalized spacial score (nSPS) is 24.8. The molecule has 2 nitrogen and oxygen atoms in total. The largest absolute Gasteiger partial charge is 0.313 e. The molecule has 1 fully saturated rings. The molecule has 2 rings (SSSR count). The zero-order valence-corrected chi connectivity index (χ0v) is 10.7. The molecule has 17 heavy (non-hydrogen) atoms. The molecular weight excluding hydrogens is 232 g/mol. The van der Waals surface area contributed by atoms with Crippen LogP contribution in [-0.4, -0.2) is 12.6 Å². The van der Waals surface area contributed by atoms with Crippen LogP contribution in [0.2, 0.25) is 5.02 Å². The molecule has 1 N–H and O–H groups in total. The smallest absolute Gasteiger partial charge is 0.0666 e. The third kappa shape index (κ3) is 3.00. The quantitative estimate of drug-likeness (QED) is 0.887.